The first-order valence-corrected chi connectivity index (χ1v) is 14.6. The summed E-state index contributed by atoms with van der Waals surface area (Å²) in [5.41, 5.74) is 8.21. The highest BCUT2D eigenvalue weighted by atomic mass is 127. The molecular weight excluding hydrogens is 597 g/mol. The molecule has 0 atom stereocenters. The third kappa shape index (κ3) is 4.56. The van der Waals surface area contributed by atoms with Gasteiger partial charge in [-0.05, 0) is 68.0 Å². The van der Waals surface area contributed by atoms with Crippen molar-refractivity contribution in [3.8, 4) is 17.5 Å². The number of piperidine rings is 1. The van der Waals surface area contributed by atoms with Crippen molar-refractivity contribution in [1.29, 1.82) is 10.7 Å². The Morgan fingerprint density at radius 3 is 2.38 bits per heavy atom. The molecule has 0 radical (unpaired) electrons. The number of anilines is 1. The molecule has 198 valence electrons. The Hall–Kier alpha value is -3.45. The average molecular weight is 630 g/mol. The van der Waals surface area contributed by atoms with Crippen LogP contribution in [0.1, 0.15) is 47.1 Å². The number of rotatable bonds is 4. The second kappa shape index (κ2) is 9.94. The van der Waals surface area contributed by atoms with Gasteiger partial charge in [0.25, 0.3) is 0 Å². The maximum Gasteiger partial charge on any atom is 0.141 e. The maximum atomic E-state index is 9.19. The highest BCUT2D eigenvalue weighted by Gasteiger charge is 2.35. The molecule has 0 spiro atoms. The van der Waals surface area contributed by atoms with Crippen molar-refractivity contribution in [2.24, 2.45) is 7.05 Å². The smallest absolute Gasteiger partial charge is 0.141 e. The number of nitrogens with one attached hydrogen (secondary N) is 1. The first-order chi connectivity index (χ1) is 18.8. The Labute approximate surface area is 243 Å². The van der Waals surface area contributed by atoms with Gasteiger partial charge < -0.3 is 14.4 Å². The van der Waals surface area contributed by atoms with Crippen molar-refractivity contribution in [1.82, 2.24) is 19.4 Å². The van der Waals surface area contributed by atoms with Gasteiger partial charge in [-0.3, -0.25) is 5.41 Å². The predicted molar refractivity (Wildman–Crippen MR) is 165 cm³/mol. The molecule has 0 saturated carbocycles. The number of aryl methyl sites for hydroxylation is 3. The summed E-state index contributed by atoms with van der Waals surface area (Å²) in [4.78, 5) is 14.2. The van der Waals surface area contributed by atoms with Crippen LogP contribution in [0.25, 0.3) is 22.4 Å². The van der Waals surface area contributed by atoms with Gasteiger partial charge in [-0.15, -0.1) is 0 Å². The van der Waals surface area contributed by atoms with Crippen LogP contribution < -0.4 is 4.90 Å². The van der Waals surface area contributed by atoms with Gasteiger partial charge in [-0.25, -0.2) is 9.97 Å². The van der Waals surface area contributed by atoms with Crippen LogP contribution in [0.4, 0.5) is 5.82 Å². The number of aromatic nitrogens is 3. The summed E-state index contributed by atoms with van der Waals surface area (Å²) in [6.45, 7) is 7.99. The zero-order valence-electron chi connectivity index (χ0n) is 22.6. The molecule has 2 fully saturated rings. The Kier molecular flexibility index (Phi) is 6.58. The number of hydrogen-bond acceptors (Lipinski definition) is 5. The minimum Gasteiger partial charge on any atom is -0.356 e. The maximum absolute atomic E-state index is 9.19. The van der Waals surface area contributed by atoms with E-state index in [1.165, 1.54) is 12.0 Å². The number of likely N-dealkylation sites (tertiary alicyclic amines) is 1. The van der Waals surface area contributed by atoms with Crippen molar-refractivity contribution < 1.29 is 0 Å². The van der Waals surface area contributed by atoms with E-state index in [0.29, 0.717) is 11.4 Å². The number of fused-ring (bicyclic) bond motifs is 1. The lowest BCUT2D eigenvalue weighted by Gasteiger charge is -2.40. The number of hydrogen-bond donors (Lipinski definition) is 1. The highest BCUT2D eigenvalue weighted by Crippen LogP contribution is 2.42. The van der Waals surface area contributed by atoms with Gasteiger partial charge in [0.2, 0.25) is 0 Å². The van der Waals surface area contributed by atoms with Crippen LogP contribution in [-0.4, -0.2) is 51.4 Å². The lowest BCUT2D eigenvalue weighted by atomic mass is 9.88. The van der Waals surface area contributed by atoms with E-state index in [-0.39, 0.29) is 3.42 Å². The van der Waals surface area contributed by atoms with E-state index in [9.17, 15) is 5.41 Å². The van der Waals surface area contributed by atoms with Gasteiger partial charge in [-0.1, -0.05) is 40.8 Å². The van der Waals surface area contributed by atoms with Gasteiger partial charge in [0.1, 0.15) is 17.5 Å². The zero-order chi connectivity index (χ0) is 27.3. The highest BCUT2D eigenvalue weighted by molar-refractivity contribution is 14.1. The molecule has 8 heteroatoms. The van der Waals surface area contributed by atoms with Crippen molar-refractivity contribution in [2.75, 3.05) is 31.1 Å². The fourth-order valence-corrected chi connectivity index (χ4v) is 6.61. The molecule has 6 rings (SSSR count). The second-order valence-corrected chi connectivity index (χ2v) is 12.9. The van der Waals surface area contributed by atoms with Crippen molar-refractivity contribution >= 4 is 45.3 Å². The minimum atomic E-state index is 0.0199. The minimum absolute atomic E-state index is 0.0199. The normalized spacial score (nSPS) is 16.7. The van der Waals surface area contributed by atoms with Gasteiger partial charge in [-0.2, -0.15) is 5.26 Å². The van der Waals surface area contributed by atoms with Crippen LogP contribution in [-0.2, 0) is 10.5 Å². The monoisotopic (exact) mass is 629 g/mol. The zero-order valence-corrected chi connectivity index (χ0v) is 24.8. The van der Waals surface area contributed by atoms with Crippen molar-refractivity contribution in [3.63, 3.8) is 0 Å². The number of benzene rings is 2. The number of alkyl halides is 1. The summed E-state index contributed by atoms with van der Waals surface area (Å²) in [6.07, 6.45) is 5.06. The van der Waals surface area contributed by atoms with Crippen molar-refractivity contribution in [3.05, 3.63) is 76.5 Å². The fraction of sp³-hybridized carbons (Fsp3) is 0.355. The Balaban J connectivity index is 1.26. The van der Waals surface area contributed by atoms with Crippen molar-refractivity contribution in [2.45, 2.75) is 36.5 Å². The number of nitrogens with zero attached hydrogens (tertiary/aromatic N) is 6. The molecule has 0 aliphatic carbocycles. The number of imidazole rings is 1. The molecule has 0 unspecified atom stereocenters. The summed E-state index contributed by atoms with van der Waals surface area (Å²) in [7, 11) is 2.05. The van der Waals surface area contributed by atoms with E-state index >= 15 is 0 Å². The van der Waals surface area contributed by atoms with Gasteiger partial charge in [0.15, 0.2) is 0 Å². The summed E-state index contributed by atoms with van der Waals surface area (Å²) in [5, 5.41) is 18.3. The van der Waals surface area contributed by atoms with E-state index in [2.05, 4.69) is 87.2 Å². The van der Waals surface area contributed by atoms with Gasteiger partial charge in [0.05, 0.1) is 32.3 Å². The molecule has 2 aromatic carbocycles. The standard InChI is InChI=1S/C31H32IN7/c1-20-15-21(2)25(30-36-26-17-28(38-11-4-12-38)35-19-27(26)37(30)3)16-24(20)29(34)39-13-9-31(32,10-14-39)23-7-5-22(18-33)6-8-23/h5-8,15-17,19,34H,4,9-14H2,1-3H3. The summed E-state index contributed by atoms with van der Waals surface area (Å²) >= 11 is 2.58. The molecule has 4 heterocycles. The number of nitriles is 1. The van der Waals surface area contributed by atoms with E-state index in [0.717, 1.165) is 84.0 Å². The molecule has 7 nitrogen and oxygen atoms in total. The van der Waals surface area contributed by atoms with Crippen LogP contribution in [0.15, 0.2) is 48.7 Å². The SMILES string of the molecule is Cc1cc(C)c(-c2nc3cc(N4CCC4)ncc3n2C)cc1C(=N)N1CCC(I)(c2ccc(C#N)cc2)CC1. The molecular formula is C31H32IN7. The lowest BCUT2D eigenvalue weighted by molar-refractivity contribution is 0.302. The first-order valence-electron chi connectivity index (χ1n) is 13.5. The molecule has 1 N–H and O–H groups in total. The molecule has 2 saturated heterocycles. The second-order valence-electron chi connectivity index (χ2n) is 10.8. The van der Waals surface area contributed by atoms with E-state index in [1.807, 2.05) is 25.4 Å². The Morgan fingerprint density at radius 2 is 1.74 bits per heavy atom. The van der Waals surface area contributed by atoms with Crippen LogP contribution >= 0.6 is 22.6 Å². The molecule has 39 heavy (non-hydrogen) atoms. The van der Waals surface area contributed by atoms with Crippen LogP contribution in [0, 0.1) is 30.6 Å². The molecule has 0 bridgehead atoms. The number of pyridine rings is 1. The Morgan fingerprint density at radius 1 is 1.03 bits per heavy atom. The third-order valence-corrected chi connectivity index (χ3v) is 10.1. The predicted octanol–water partition coefficient (Wildman–Crippen LogP) is 6.09. The summed E-state index contributed by atoms with van der Waals surface area (Å²) in [6, 6.07) is 16.6. The van der Waals surface area contributed by atoms with Gasteiger partial charge in [0, 0.05) is 50.4 Å². The molecule has 4 aromatic rings. The number of amidine groups is 1. The van der Waals surface area contributed by atoms with E-state index < -0.39 is 0 Å². The van der Waals surface area contributed by atoms with Crippen LogP contribution in [0.3, 0.4) is 0 Å². The first kappa shape index (κ1) is 25.8. The van der Waals surface area contributed by atoms with Crippen LogP contribution in [0.5, 0.6) is 0 Å². The average Bonchev–Trinajstić information content (AvgIpc) is 3.23. The van der Waals surface area contributed by atoms with E-state index in [1.54, 1.807) is 0 Å². The largest absolute Gasteiger partial charge is 0.356 e. The Bertz CT molecular complexity index is 1620. The van der Waals surface area contributed by atoms with E-state index in [4.69, 9.17) is 15.2 Å². The third-order valence-electron chi connectivity index (χ3n) is 8.40. The van der Waals surface area contributed by atoms with Gasteiger partial charge >= 0.3 is 0 Å². The fourth-order valence-electron chi connectivity index (χ4n) is 5.77. The summed E-state index contributed by atoms with van der Waals surface area (Å²) < 4.78 is 2.14. The molecule has 0 amide bonds. The molecule has 2 aliphatic rings. The number of halogens is 1. The molecule has 2 aliphatic heterocycles. The topological polar surface area (TPSA) is 84.8 Å². The lowest BCUT2D eigenvalue weighted by Crippen LogP contribution is -2.42. The quantitative estimate of drug-likeness (QED) is 0.128. The summed E-state index contributed by atoms with van der Waals surface area (Å²) in [5.74, 6) is 2.48. The molecule has 2 aromatic heterocycles. The van der Waals surface area contributed by atoms with Crippen LogP contribution in [0.2, 0.25) is 0 Å².